The third kappa shape index (κ3) is 4.57. The average Bonchev–Trinajstić information content (AvgIpc) is 2.47. The van der Waals surface area contributed by atoms with E-state index in [4.69, 9.17) is 10.00 Å². The van der Waals surface area contributed by atoms with Gasteiger partial charge in [0, 0.05) is 36.8 Å². The summed E-state index contributed by atoms with van der Waals surface area (Å²) < 4.78 is 5.40. The lowest BCUT2D eigenvalue weighted by Gasteiger charge is -2.36. The van der Waals surface area contributed by atoms with E-state index in [1.165, 1.54) is 0 Å². The van der Waals surface area contributed by atoms with Crippen molar-refractivity contribution in [3.63, 3.8) is 0 Å². The molecule has 0 atom stereocenters. The zero-order valence-corrected chi connectivity index (χ0v) is 14.0. The van der Waals surface area contributed by atoms with Crippen molar-refractivity contribution in [3.8, 4) is 5.40 Å². The van der Waals surface area contributed by atoms with Gasteiger partial charge in [0.25, 0.3) is 0 Å². The number of nitriles is 1. The molecule has 0 radical (unpaired) electrons. The lowest BCUT2D eigenvalue weighted by Crippen LogP contribution is -2.50. The molecule has 118 valence electrons. The Morgan fingerprint density at radius 3 is 2.27 bits per heavy atom. The van der Waals surface area contributed by atoms with Crippen LogP contribution in [0.2, 0.25) is 0 Å². The van der Waals surface area contributed by atoms with Gasteiger partial charge < -0.3 is 14.5 Å². The van der Waals surface area contributed by atoms with E-state index in [-0.39, 0.29) is 6.09 Å². The quantitative estimate of drug-likeness (QED) is 0.618. The Morgan fingerprint density at radius 2 is 1.77 bits per heavy atom. The third-order valence-corrected chi connectivity index (χ3v) is 3.90. The van der Waals surface area contributed by atoms with Gasteiger partial charge in [0.2, 0.25) is 0 Å². The largest absolute Gasteiger partial charge is 0.444 e. The molecule has 6 heteroatoms. The summed E-state index contributed by atoms with van der Waals surface area (Å²) in [7, 11) is 0. The Hall–Kier alpha value is -1.87. The van der Waals surface area contributed by atoms with E-state index in [1.54, 1.807) is 4.90 Å². The number of carbonyl (C=O) groups excluding carboxylic acids is 1. The molecule has 0 aromatic heterocycles. The zero-order chi connectivity index (χ0) is 16.2. The minimum atomic E-state index is -0.456. The van der Waals surface area contributed by atoms with Crippen LogP contribution in [0.25, 0.3) is 0 Å². The second kappa shape index (κ2) is 6.93. The normalized spacial score (nSPS) is 15.4. The van der Waals surface area contributed by atoms with Crippen molar-refractivity contribution in [1.82, 2.24) is 4.90 Å². The molecular formula is C16H21N3O2S. The number of nitrogens with zero attached hydrogens (tertiary/aromatic N) is 3. The predicted molar refractivity (Wildman–Crippen MR) is 87.9 cm³/mol. The van der Waals surface area contributed by atoms with Crippen LogP contribution in [-0.2, 0) is 4.74 Å². The molecule has 0 saturated carbocycles. The van der Waals surface area contributed by atoms with E-state index >= 15 is 0 Å². The Balaban J connectivity index is 1.89. The van der Waals surface area contributed by atoms with Crippen molar-refractivity contribution in [1.29, 1.82) is 5.26 Å². The number of thiocyanates is 1. The smallest absolute Gasteiger partial charge is 0.410 e. The molecule has 0 unspecified atom stereocenters. The molecule has 0 aliphatic carbocycles. The van der Waals surface area contributed by atoms with Crippen molar-refractivity contribution in [2.45, 2.75) is 31.3 Å². The van der Waals surface area contributed by atoms with Crippen molar-refractivity contribution < 1.29 is 9.53 Å². The van der Waals surface area contributed by atoms with Crippen LogP contribution in [0.15, 0.2) is 29.2 Å². The van der Waals surface area contributed by atoms with Gasteiger partial charge in [-0.2, -0.15) is 5.26 Å². The minimum absolute atomic E-state index is 0.243. The Morgan fingerprint density at radius 1 is 1.18 bits per heavy atom. The summed E-state index contributed by atoms with van der Waals surface area (Å²) in [6.07, 6.45) is -0.243. The Kier molecular flexibility index (Phi) is 5.19. The second-order valence-corrected chi connectivity index (χ2v) is 7.00. The summed E-state index contributed by atoms with van der Waals surface area (Å²) in [6, 6.07) is 7.93. The zero-order valence-electron chi connectivity index (χ0n) is 13.2. The molecule has 1 aliphatic heterocycles. The maximum Gasteiger partial charge on any atom is 0.410 e. The fourth-order valence-electron chi connectivity index (χ4n) is 2.25. The van der Waals surface area contributed by atoms with Gasteiger partial charge in [0.1, 0.15) is 11.0 Å². The molecule has 0 spiro atoms. The number of carbonyl (C=O) groups is 1. The fourth-order valence-corrected chi connectivity index (χ4v) is 2.63. The predicted octanol–water partition coefficient (Wildman–Crippen LogP) is 3.32. The number of benzene rings is 1. The number of amides is 1. The van der Waals surface area contributed by atoms with Gasteiger partial charge >= 0.3 is 6.09 Å². The molecule has 0 bridgehead atoms. The molecular weight excluding hydrogens is 298 g/mol. The van der Waals surface area contributed by atoms with E-state index in [1.807, 2.05) is 45.0 Å². The van der Waals surface area contributed by atoms with E-state index in [9.17, 15) is 4.79 Å². The first kappa shape index (κ1) is 16.5. The summed E-state index contributed by atoms with van der Waals surface area (Å²) in [5.74, 6) is 0. The Labute approximate surface area is 135 Å². The van der Waals surface area contributed by atoms with Crippen molar-refractivity contribution in [2.75, 3.05) is 31.1 Å². The van der Waals surface area contributed by atoms with Crippen LogP contribution in [-0.4, -0.2) is 42.8 Å². The van der Waals surface area contributed by atoms with Gasteiger partial charge in [-0.1, -0.05) is 0 Å². The van der Waals surface area contributed by atoms with Crippen LogP contribution in [0.3, 0.4) is 0 Å². The molecule has 22 heavy (non-hydrogen) atoms. The monoisotopic (exact) mass is 319 g/mol. The molecule has 1 amide bonds. The van der Waals surface area contributed by atoms with Crippen LogP contribution in [0.1, 0.15) is 20.8 Å². The highest BCUT2D eigenvalue weighted by Crippen LogP contribution is 2.22. The molecule has 1 aromatic carbocycles. The summed E-state index contributed by atoms with van der Waals surface area (Å²) in [4.78, 5) is 17.0. The Bertz CT molecular complexity index is 552. The molecule has 1 heterocycles. The van der Waals surface area contributed by atoms with Crippen molar-refractivity contribution in [2.24, 2.45) is 0 Å². The van der Waals surface area contributed by atoms with Crippen LogP contribution in [0.4, 0.5) is 10.5 Å². The summed E-state index contributed by atoms with van der Waals surface area (Å²) in [5, 5.41) is 10.7. The highest BCUT2D eigenvalue weighted by Gasteiger charge is 2.25. The van der Waals surface area contributed by atoms with Crippen LogP contribution >= 0.6 is 11.8 Å². The maximum atomic E-state index is 12.0. The number of anilines is 1. The number of piperazine rings is 1. The number of thioether (sulfide) groups is 1. The average molecular weight is 319 g/mol. The standard InChI is InChI=1S/C16H21N3O2S/c1-16(2,3)21-15(20)19-10-8-18(9-11-19)13-4-6-14(7-5-13)22-12-17/h4-7H,8-11H2,1-3H3. The van der Waals surface area contributed by atoms with E-state index in [0.717, 1.165) is 35.4 Å². The second-order valence-electron chi connectivity index (χ2n) is 6.14. The summed E-state index contributed by atoms with van der Waals surface area (Å²) in [6.45, 7) is 8.51. The summed E-state index contributed by atoms with van der Waals surface area (Å²) in [5.41, 5.74) is 0.661. The van der Waals surface area contributed by atoms with Crippen molar-refractivity contribution in [3.05, 3.63) is 24.3 Å². The molecule has 5 nitrogen and oxygen atoms in total. The van der Waals surface area contributed by atoms with Gasteiger partial charge in [-0.15, -0.1) is 0 Å². The van der Waals surface area contributed by atoms with Gasteiger partial charge in [0.05, 0.1) is 0 Å². The van der Waals surface area contributed by atoms with E-state index in [0.29, 0.717) is 13.1 Å². The van der Waals surface area contributed by atoms with Gasteiger partial charge in [-0.25, -0.2) is 4.79 Å². The third-order valence-electron chi connectivity index (χ3n) is 3.30. The van der Waals surface area contributed by atoms with E-state index in [2.05, 4.69) is 10.3 Å². The lowest BCUT2D eigenvalue weighted by molar-refractivity contribution is 0.0240. The lowest BCUT2D eigenvalue weighted by atomic mass is 10.2. The molecule has 2 rings (SSSR count). The van der Waals surface area contributed by atoms with Crippen LogP contribution < -0.4 is 4.90 Å². The van der Waals surface area contributed by atoms with Gasteiger partial charge in [0.15, 0.2) is 0 Å². The van der Waals surface area contributed by atoms with Gasteiger partial charge in [-0.3, -0.25) is 0 Å². The molecule has 0 N–H and O–H groups in total. The SMILES string of the molecule is CC(C)(C)OC(=O)N1CCN(c2ccc(SC#N)cc2)CC1. The first-order chi connectivity index (χ1) is 10.4. The number of hydrogen-bond acceptors (Lipinski definition) is 5. The molecule has 1 aliphatic rings. The first-order valence-electron chi connectivity index (χ1n) is 7.28. The molecule has 1 fully saturated rings. The van der Waals surface area contributed by atoms with Crippen LogP contribution in [0.5, 0.6) is 0 Å². The first-order valence-corrected chi connectivity index (χ1v) is 8.09. The highest BCUT2D eigenvalue weighted by atomic mass is 32.2. The number of rotatable bonds is 2. The van der Waals surface area contributed by atoms with Gasteiger partial charge in [-0.05, 0) is 56.8 Å². The summed E-state index contributed by atoms with van der Waals surface area (Å²) >= 11 is 1.16. The topological polar surface area (TPSA) is 56.6 Å². The highest BCUT2D eigenvalue weighted by molar-refractivity contribution is 8.03. The maximum absolute atomic E-state index is 12.0. The molecule has 1 aromatic rings. The minimum Gasteiger partial charge on any atom is -0.444 e. The van der Waals surface area contributed by atoms with Crippen LogP contribution in [0, 0.1) is 10.7 Å². The molecule has 1 saturated heterocycles. The number of hydrogen-bond donors (Lipinski definition) is 0. The van der Waals surface area contributed by atoms with Crippen molar-refractivity contribution >= 4 is 23.5 Å². The van der Waals surface area contributed by atoms with E-state index < -0.39 is 5.60 Å². The number of ether oxygens (including phenoxy) is 1. The fraction of sp³-hybridized carbons (Fsp3) is 0.500.